The molecule has 0 radical (unpaired) electrons. The number of nitrogens with one attached hydrogen (secondary N) is 2. The van der Waals surface area contributed by atoms with Crippen molar-refractivity contribution in [2.75, 3.05) is 6.54 Å². The van der Waals surface area contributed by atoms with Gasteiger partial charge in [-0.1, -0.05) is 11.6 Å². The van der Waals surface area contributed by atoms with Crippen molar-refractivity contribution in [2.24, 2.45) is 5.73 Å². The van der Waals surface area contributed by atoms with Crippen LogP contribution in [-0.2, 0) is 4.79 Å². The smallest absolute Gasteiger partial charge is 0.220 e. The molecule has 0 saturated carbocycles. The van der Waals surface area contributed by atoms with Crippen LogP contribution in [0.3, 0.4) is 0 Å². The van der Waals surface area contributed by atoms with E-state index in [1.165, 1.54) is 0 Å². The molecule has 1 rings (SSSR count). The molecule has 1 amide bonds. The average molecular weight is 226 g/mol. The Balaban J connectivity index is 2.19. The van der Waals surface area contributed by atoms with Crippen molar-refractivity contribution in [1.82, 2.24) is 25.9 Å². The third-order valence-electron chi connectivity index (χ3n) is 2.23. The minimum atomic E-state index is -0.208. The van der Waals surface area contributed by atoms with Gasteiger partial charge in [0.25, 0.3) is 0 Å². The summed E-state index contributed by atoms with van der Waals surface area (Å²) >= 11 is 0. The molecule has 0 bridgehead atoms. The minimum absolute atomic E-state index is 0.00863. The number of H-pyrrole nitrogens is 1. The maximum absolute atomic E-state index is 11.5. The second kappa shape index (κ2) is 6.89. The number of rotatable bonds is 7. The highest BCUT2D eigenvalue weighted by Gasteiger charge is 2.12. The molecule has 4 N–H and O–H groups in total. The molecule has 90 valence electrons. The molecule has 1 heterocycles. The molecule has 0 aliphatic heterocycles. The molecule has 1 atom stereocenters. The summed E-state index contributed by atoms with van der Waals surface area (Å²) in [5, 5.41) is 16.2. The lowest BCUT2D eigenvalue weighted by atomic mass is 10.2. The first-order chi connectivity index (χ1) is 7.74. The van der Waals surface area contributed by atoms with Crippen molar-refractivity contribution >= 4 is 5.91 Å². The zero-order valence-corrected chi connectivity index (χ0v) is 9.44. The highest BCUT2D eigenvalue weighted by Crippen LogP contribution is 2.05. The number of nitrogens with zero attached hydrogens (tertiary/aromatic N) is 3. The van der Waals surface area contributed by atoms with Gasteiger partial charge in [-0.3, -0.25) is 4.79 Å². The number of amides is 1. The summed E-state index contributed by atoms with van der Waals surface area (Å²) in [4.78, 5) is 11.5. The molecule has 0 saturated heterocycles. The first kappa shape index (κ1) is 12.6. The normalized spacial score (nSPS) is 12.4. The average Bonchev–Trinajstić information content (AvgIpc) is 2.77. The number of aromatic amines is 1. The van der Waals surface area contributed by atoms with Crippen LogP contribution in [0, 0.1) is 0 Å². The van der Waals surface area contributed by atoms with E-state index >= 15 is 0 Å². The van der Waals surface area contributed by atoms with Gasteiger partial charge in [0.1, 0.15) is 0 Å². The lowest BCUT2D eigenvalue weighted by molar-refractivity contribution is -0.121. The first-order valence-corrected chi connectivity index (χ1v) is 5.47. The van der Waals surface area contributed by atoms with Gasteiger partial charge in [-0.15, -0.1) is 10.2 Å². The van der Waals surface area contributed by atoms with Crippen LogP contribution in [-0.4, -0.2) is 33.1 Å². The van der Waals surface area contributed by atoms with Gasteiger partial charge in [0.15, 0.2) is 5.82 Å². The van der Waals surface area contributed by atoms with Gasteiger partial charge in [-0.25, -0.2) is 0 Å². The van der Waals surface area contributed by atoms with Crippen LogP contribution in [0.25, 0.3) is 0 Å². The summed E-state index contributed by atoms with van der Waals surface area (Å²) in [6, 6.07) is -0.208. The molecule has 7 nitrogen and oxygen atoms in total. The summed E-state index contributed by atoms with van der Waals surface area (Å²) < 4.78 is 0. The van der Waals surface area contributed by atoms with Crippen molar-refractivity contribution < 1.29 is 4.79 Å². The van der Waals surface area contributed by atoms with E-state index in [1.54, 1.807) is 0 Å². The van der Waals surface area contributed by atoms with Crippen LogP contribution >= 0.6 is 0 Å². The van der Waals surface area contributed by atoms with E-state index in [-0.39, 0.29) is 11.9 Å². The van der Waals surface area contributed by atoms with E-state index in [4.69, 9.17) is 5.73 Å². The van der Waals surface area contributed by atoms with E-state index in [9.17, 15) is 4.79 Å². The second-order valence-corrected chi connectivity index (χ2v) is 3.66. The van der Waals surface area contributed by atoms with Crippen LogP contribution < -0.4 is 11.1 Å². The second-order valence-electron chi connectivity index (χ2n) is 3.66. The number of nitrogens with two attached hydrogens (primary N) is 1. The number of tetrazole rings is 1. The quantitative estimate of drug-likeness (QED) is 0.562. The number of aromatic nitrogens is 4. The van der Waals surface area contributed by atoms with Gasteiger partial charge in [0.2, 0.25) is 5.91 Å². The lowest BCUT2D eigenvalue weighted by Gasteiger charge is -2.09. The molecule has 0 spiro atoms. The summed E-state index contributed by atoms with van der Waals surface area (Å²) in [7, 11) is 0. The van der Waals surface area contributed by atoms with E-state index < -0.39 is 0 Å². The van der Waals surface area contributed by atoms with Crippen molar-refractivity contribution in [2.45, 2.75) is 38.6 Å². The molecule has 7 heteroatoms. The molecule has 1 aromatic rings. The number of hydrogen-bond acceptors (Lipinski definition) is 5. The van der Waals surface area contributed by atoms with Crippen molar-refractivity contribution in [3.8, 4) is 0 Å². The topological polar surface area (TPSA) is 110 Å². The highest BCUT2D eigenvalue weighted by atomic mass is 16.1. The van der Waals surface area contributed by atoms with Crippen molar-refractivity contribution in [1.29, 1.82) is 0 Å². The van der Waals surface area contributed by atoms with Gasteiger partial charge in [-0.2, -0.15) is 5.21 Å². The zero-order valence-electron chi connectivity index (χ0n) is 9.44. The molecular formula is C9H18N6O. The Kier molecular flexibility index (Phi) is 5.41. The van der Waals surface area contributed by atoms with E-state index in [2.05, 4.69) is 25.9 Å². The van der Waals surface area contributed by atoms with Crippen LogP contribution in [0.5, 0.6) is 0 Å². The minimum Gasteiger partial charge on any atom is -0.346 e. The van der Waals surface area contributed by atoms with Crippen LogP contribution in [0.15, 0.2) is 0 Å². The van der Waals surface area contributed by atoms with Gasteiger partial charge in [0, 0.05) is 6.42 Å². The molecule has 1 unspecified atom stereocenters. The number of carbonyl (C=O) groups excluding carboxylic acids is 1. The van der Waals surface area contributed by atoms with Gasteiger partial charge in [0.05, 0.1) is 6.04 Å². The van der Waals surface area contributed by atoms with Crippen molar-refractivity contribution in [3.63, 3.8) is 0 Å². The largest absolute Gasteiger partial charge is 0.346 e. The molecule has 16 heavy (non-hydrogen) atoms. The van der Waals surface area contributed by atoms with Gasteiger partial charge in [-0.05, 0) is 26.3 Å². The Labute approximate surface area is 94.2 Å². The Hall–Kier alpha value is -1.50. The predicted octanol–water partition coefficient (Wildman–Crippen LogP) is -0.104. The van der Waals surface area contributed by atoms with Gasteiger partial charge >= 0.3 is 0 Å². The standard InChI is InChI=1S/C9H18N6O/c1-7(9-12-14-15-13-9)11-8(16)5-3-2-4-6-10/h7H,2-6,10H2,1H3,(H,11,16)(H,12,13,14,15). The maximum Gasteiger partial charge on any atom is 0.220 e. The number of hydrogen-bond donors (Lipinski definition) is 3. The Bertz CT molecular complexity index is 299. The lowest BCUT2D eigenvalue weighted by Crippen LogP contribution is -2.27. The zero-order chi connectivity index (χ0) is 11.8. The number of carbonyl (C=O) groups is 1. The number of unbranched alkanes of at least 4 members (excludes halogenated alkanes) is 2. The Morgan fingerprint density at radius 2 is 2.31 bits per heavy atom. The van der Waals surface area contributed by atoms with E-state index in [1.807, 2.05) is 6.92 Å². The third-order valence-corrected chi connectivity index (χ3v) is 2.23. The molecule has 0 fully saturated rings. The molecule has 1 aromatic heterocycles. The predicted molar refractivity (Wildman–Crippen MR) is 58.3 cm³/mol. The van der Waals surface area contributed by atoms with Gasteiger partial charge < -0.3 is 11.1 Å². The van der Waals surface area contributed by atoms with E-state index in [0.29, 0.717) is 18.8 Å². The molecule has 0 aromatic carbocycles. The Morgan fingerprint density at radius 3 is 2.94 bits per heavy atom. The molecular weight excluding hydrogens is 208 g/mol. The monoisotopic (exact) mass is 226 g/mol. The summed E-state index contributed by atoms with van der Waals surface area (Å²) in [6.45, 7) is 2.50. The fraction of sp³-hybridized carbons (Fsp3) is 0.778. The summed E-state index contributed by atoms with van der Waals surface area (Å²) in [5.41, 5.74) is 5.36. The van der Waals surface area contributed by atoms with Crippen molar-refractivity contribution in [3.05, 3.63) is 5.82 Å². The first-order valence-electron chi connectivity index (χ1n) is 5.47. The fourth-order valence-electron chi connectivity index (χ4n) is 1.34. The summed E-state index contributed by atoms with van der Waals surface area (Å²) in [5.74, 6) is 0.504. The summed E-state index contributed by atoms with van der Waals surface area (Å²) in [6.07, 6.45) is 3.33. The van der Waals surface area contributed by atoms with Crippen LogP contribution in [0.2, 0.25) is 0 Å². The highest BCUT2D eigenvalue weighted by molar-refractivity contribution is 5.76. The maximum atomic E-state index is 11.5. The third kappa shape index (κ3) is 4.35. The molecule has 0 aliphatic rings. The van der Waals surface area contributed by atoms with Crippen LogP contribution in [0.4, 0.5) is 0 Å². The fourth-order valence-corrected chi connectivity index (χ4v) is 1.34. The van der Waals surface area contributed by atoms with Crippen LogP contribution in [0.1, 0.15) is 44.5 Å². The SMILES string of the molecule is CC(NC(=O)CCCCCN)c1nn[nH]n1. The van der Waals surface area contributed by atoms with E-state index in [0.717, 1.165) is 19.3 Å². The Morgan fingerprint density at radius 1 is 1.50 bits per heavy atom. The molecule has 0 aliphatic carbocycles.